The summed E-state index contributed by atoms with van der Waals surface area (Å²) in [5.41, 5.74) is 0. The van der Waals surface area contributed by atoms with Crippen LogP contribution in [0, 0.1) is 0 Å². The zero-order valence-corrected chi connectivity index (χ0v) is 13.9. The van der Waals surface area contributed by atoms with Crippen molar-refractivity contribution in [2.24, 2.45) is 0 Å². The molecule has 10 nitrogen and oxygen atoms in total. The van der Waals surface area contributed by atoms with Gasteiger partial charge in [0.05, 0.1) is 26.2 Å². The number of carboxylic acid groups (broad SMARTS) is 4. The molecule has 0 heterocycles. The van der Waals surface area contributed by atoms with Gasteiger partial charge in [0, 0.05) is 13.1 Å². The van der Waals surface area contributed by atoms with E-state index in [4.69, 9.17) is 20.4 Å². The van der Waals surface area contributed by atoms with Crippen LogP contribution in [0.5, 0.6) is 0 Å². The van der Waals surface area contributed by atoms with E-state index in [1.807, 2.05) is 0 Å². The van der Waals surface area contributed by atoms with Gasteiger partial charge in [-0.15, -0.1) is 0 Å². The second-order valence-corrected chi connectivity index (χ2v) is 4.00. The first-order valence-electron chi connectivity index (χ1n) is 5.52. The molecule has 0 saturated heterocycles. The van der Waals surface area contributed by atoms with Crippen LogP contribution >= 0.6 is 0 Å². The Kier molecular flexibility index (Phi) is 15.6. The molecule has 0 unspecified atom stereocenters. The van der Waals surface area contributed by atoms with Gasteiger partial charge in [-0.25, -0.2) is 0 Å². The Balaban J connectivity index is -0.00000180. The van der Waals surface area contributed by atoms with E-state index in [0.717, 1.165) is 9.80 Å². The van der Waals surface area contributed by atoms with E-state index in [2.05, 4.69) is 0 Å². The van der Waals surface area contributed by atoms with Gasteiger partial charge in [0.2, 0.25) is 0 Å². The van der Waals surface area contributed by atoms with Crippen LogP contribution in [0.15, 0.2) is 0 Å². The Bertz CT molecular complexity index is 327. The summed E-state index contributed by atoms with van der Waals surface area (Å²) >= 11 is 0. The number of aliphatic carboxylic acids is 4. The number of rotatable bonds is 11. The molecular formula is C10H16FN2NaO8. The second kappa shape index (κ2) is 13.4. The number of hydrogen-bond acceptors (Lipinski definition) is 6. The van der Waals surface area contributed by atoms with Crippen molar-refractivity contribution in [3.63, 3.8) is 0 Å². The van der Waals surface area contributed by atoms with E-state index in [1.165, 1.54) is 0 Å². The van der Waals surface area contributed by atoms with Gasteiger partial charge in [-0.05, 0) is 0 Å². The van der Waals surface area contributed by atoms with E-state index in [9.17, 15) is 19.2 Å². The fourth-order valence-corrected chi connectivity index (χ4v) is 1.48. The molecule has 22 heavy (non-hydrogen) atoms. The molecular weight excluding hydrogens is 318 g/mol. The van der Waals surface area contributed by atoms with Gasteiger partial charge < -0.3 is 25.1 Å². The zero-order chi connectivity index (χ0) is 15.7. The molecule has 0 rings (SSSR count). The molecule has 0 aromatic heterocycles. The summed E-state index contributed by atoms with van der Waals surface area (Å²) < 4.78 is 0. The van der Waals surface area contributed by atoms with Gasteiger partial charge in [0.25, 0.3) is 0 Å². The SMILES string of the molecule is O=C(O)CN(CCN(CC(=O)O)CC(=O)O)CC(=O)O.[F-].[Na+]. The summed E-state index contributed by atoms with van der Waals surface area (Å²) in [5, 5.41) is 34.5. The van der Waals surface area contributed by atoms with E-state index >= 15 is 0 Å². The van der Waals surface area contributed by atoms with E-state index in [-0.39, 0.29) is 47.4 Å². The molecule has 0 saturated carbocycles. The van der Waals surface area contributed by atoms with Crippen LogP contribution < -0.4 is 34.3 Å². The van der Waals surface area contributed by atoms with Crippen LogP contribution in [0.1, 0.15) is 0 Å². The molecule has 0 bridgehead atoms. The van der Waals surface area contributed by atoms with Crippen molar-refractivity contribution in [2.45, 2.75) is 0 Å². The number of carbonyl (C=O) groups is 4. The predicted octanol–water partition coefficient (Wildman–Crippen LogP) is -8.06. The zero-order valence-electron chi connectivity index (χ0n) is 11.9. The summed E-state index contributed by atoms with van der Waals surface area (Å²) in [4.78, 5) is 44.4. The molecule has 0 aliphatic carbocycles. The molecule has 0 aliphatic rings. The average Bonchev–Trinajstić information content (AvgIpc) is 2.22. The molecule has 0 aromatic rings. The monoisotopic (exact) mass is 334 g/mol. The number of halogens is 1. The standard InChI is InChI=1S/C10H16N2O8.FH.Na/c13-7(14)3-11(4-8(15)16)1-2-12(5-9(17)18)6-10(19)20;;/h1-6H2,(H,13,14)(H,15,16)(H,17,18)(H,19,20);1H;/q;;+1/p-1. The summed E-state index contributed by atoms with van der Waals surface area (Å²) in [7, 11) is 0. The van der Waals surface area contributed by atoms with Gasteiger partial charge in [-0.2, -0.15) is 0 Å². The first kappa shape index (κ1) is 25.7. The maximum atomic E-state index is 10.6. The largest absolute Gasteiger partial charge is 1.00 e. The van der Waals surface area contributed by atoms with Gasteiger partial charge in [0.15, 0.2) is 0 Å². The van der Waals surface area contributed by atoms with Crippen molar-refractivity contribution in [3.05, 3.63) is 0 Å². The maximum absolute atomic E-state index is 10.6. The van der Waals surface area contributed by atoms with Crippen LogP contribution in [0.25, 0.3) is 0 Å². The Morgan fingerprint density at radius 3 is 0.909 bits per heavy atom. The molecule has 0 aromatic carbocycles. The smallest absolute Gasteiger partial charge is 1.00 e. The quantitative estimate of drug-likeness (QED) is 0.268. The minimum Gasteiger partial charge on any atom is -1.00 e. The van der Waals surface area contributed by atoms with Crippen molar-refractivity contribution in [1.82, 2.24) is 9.80 Å². The van der Waals surface area contributed by atoms with Crippen molar-refractivity contribution >= 4 is 23.9 Å². The predicted molar refractivity (Wildman–Crippen MR) is 63.4 cm³/mol. The number of nitrogens with zero attached hydrogens (tertiary/aromatic N) is 2. The molecule has 0 aliphatic heterocycles. The van der Waals surface area contributed by atoms with Crippen LogP contribution in [-0.4, -0.2) is 93.4 Å². The van der Waals surface area contributed by atoms with E-state index in [1.54, 1.807) is 0 Å². The van der Waals surface area contributed by atoms with Crippen molar-refractivity contribution in [1.29, 1.82) is 0 Å². The average molecular weight is 334 g/mol. The Morgan fingerprint density at radius 1 is 0.591 bits per heavy atom. The topological polar surface area (TPSA) is 156 Å². The molecule has 4 N–H and O–H groups in total. The first-order valence-corrected chi connectivity index (χ1v) is 5.52. The Morgan fingerprint density at radius 2 is 0.773 bits per heavy atom. The number of hydrogen-bond donors (Lipinski definition) is 4. The summed E-state index contributed by atoms with van der Waals surface area (Å²) in [6.07, 6.45) is 0. The molecule has 122 valence electrons. The fraction of sp³-hybridized carbons (Fsp3) is 0.600. The van der Waals surface area contributed by atoms with Crippen LogP contribution in [-0.2, 0) is 19.2 Å². The molecule has 12 heteroatoms. The molecule has 0 radical (unpaired) electrons. The Labute approximate surface area is 147 Å². The van der Waals surface area contributed by atoms with Gasteiger partial charge in [-0.1, -0.05) is 0 Å². The van der Waals surface area contributed by atoms with Gasteiger partial charge in [0.1, 0.15) is 0 Å². The van der Waals surface area contributed by atoms with Gasteiger partial charge in [-0.3, -0.25) is 29.0 Å². The number of carboxylic acids is 4. The van der Waals surface area contributed by atoms with Crippen LogP contribution in [0.4, 0.5) is 0 Å². The van der Waals surface area contributed by atoms with Crippen molar-refractivity contribution < 1.29 is 73.9 Å². The van der Waals surface area contributed by atoms with E-state index in [0.29, 0.717) is 0 Å². The van der Waals surface area contributed by atoms with Crippen molar-refractivity contribution in [3.8, 4) is 0 Å². The molecule has 0 atom stereocenters. The minimum absolute atomic E-state index is 0. The van der Waals surface area contributed by atoms with Gasteiger partial charge >= 0.3 is 53.4 Å². The molecule has 0 fully saturated rings. The second-order valence-electron chi connectivity index (χ2n) is 4.00. The third kappa shape index (κ3) is 15.1. The minimum atomic E-state index is -1.23. The van der Waals surface area contributed by atoms with Crippen molar-refractivity contribution in [2.75, 3.05) is 39.3 Å². The summed E-state index contributed by atoms with van der Waals surface area (Å²) in [6, 6.07) is 0. The normalized spacial score (nSPS) is 9.73. The Hall–Kier alpha value is -1.27. The third-order valence-electron chi connectivity index (χ3n) is 2.17. The summed E-state index contributed by atoms with van der Waals surface area (Å²) in [6.45, 7) is -2.25. The molecule has 0 spiro atoms. The summed E-state index contributed by atoms with van der Waals surface area (Å²) in [5.74, 6) is -4.91. The van der Waals surface area contributed by atoms with Crippen LogP contribution in [0.2, 0.25) is 0 Å². The van der Waals surface area contributed by atoms with E-state index < -0.39 is 50.1 Å². The third-order valence-corrected chi connectivity index (χ3v) is 2.17. The van der Waals surface area contributed by atoms with Crippen LogP contribution in [0.3, 0.4) is 0 Å². The molecule has 0 amide bonds. The maximum Gasteiger partial charge on any atom is 1.00 e. The fourth-order valence-electron chi connectivity index (χ4n) is 1.48. The first-order chi connectivity index (χ1) is 9.20.